The van der Waals surface area contributed by atoms with Gasteiger partial charge in [0.25, 0.3) is 0 Å². The van der Waals surface area contributed by atoms with Crippen molar-refractivity contribution >= 4 is 11.8 Å². The largest absolute Gasteiger partial charge is 0.478 e. The fourth-order valence-corrected chi connectivity index (χ4v) is 1.76. The van der Waals surface area contributed by atoms with Crippen LogP contribution in [0.15, 0.2) is 12.1 Å². The minimum atomic E-state index is -0.924. The van der Waals surface area contributed by atoms with Crippen molar-refractivity contribution in [1.29, 1.82) is 0 Å². The summed E-state index contributed by atoms with van der Waals surface area (Å²) < 4.78 is 0. The molecule has 2 N–H and O–H groups in total. The number of aromatic carboxylic acids is 1. The zero-order chi connectivity index (χ0) is 13.5. The molecule has 0 aliphatic heterocycles. The van der Waals surface area contributed by atoms with Crippen LogP contribution in [0.4, 0.5) is 5.82 Å². The van der Waals surface area contributed by atoms with Gasteiger partial charge in [-0.25, -0.2) is 9.78 Å². The quantitative estimate of drug-likeness (QED) is 0.774. The zero-order valence-electron chi connectivity index (χ0n) is 11.2. The predicted molar refractivity (Wildman–Crippen MR) is 72.2 cm³/mol. The van der Waals surface area contributed by atoms with Gasteiger partial charge in [-0.1, -0.05) is 13.8 Å². The SMILES string of the molecule is CCN(CC)CCNc1cc(C(=O)O)cc(C)n1. The summed E-state index contributed by atoms with van der Waals surface area (Å²) in [5.41, 5.74) is 0.980. The Kier molecular flexibility index (Phi) is 5.58. The normalized spacial score (nSPS) is 10.7. The van der Waals surface area contributed by atoms with Crippen LogP contribution in [0.5, 0.6) is 0 Å². The van der Waals surface area contributed by atoms with Crippen LogP contribution >= 0.6 is 0 Å². The number of rotatable bonds is 7. The number of nitrogens with one attached hydrogen (secondary N) is 1. The molecule has 100 valence electrons. The lowest BCUT2D eigenvalue weighted by atomic mass is 10.2. The lowest BCUT2D eigenvalue weighted by Gasteiger charge is -2.18. The maximum absolute atomic E-state index is 10.9. The molecule has 0 bridgehead atoms. The molecule has 0 saturated carbocycles. The summed E-state index contributed by atoms with van der Waals surface area (Å²) in [6.45, 7) is 9.75. The van der Waals surface area contributed by atoms with Gasteiger partial charge in [-0.3, -0.25) is 0 Å². The van der Waals surface area contributed by atoms with Crippen molar-refractivity contribution in [3.05, 3.63) is 23.4 Å². The van der Waals surface area contributed by atoms with E-state index in [-0.39, 0.29) is 5.56 Å². The average Bonchev–Trinajstić information content (AvgIpc) is 2.34. The molecule has 0 aliphatic carbocycles. The molecule has 0 unspecified atom stereocenters. The molecular weight excluding hydrogens is 230 g/mol. The first kappa shape index (κ1) is 14.4. The second-order valence-corrected chi connectivity index (χ2v) is 4.14. The molecule has 0 atom stereocenters. The van der Waals surface area contributed by atoms with Gasteiger partial charge >= 0.3 is 5.97 Å². The highest BCUT2D eigenvalue weighted by molar-refractivity contribution is 5.88. The van der Waals surface area contributed by atoms with Crippen molar-refractivity contribution in [2.45, 2.75) is 20.8 Å². The predicted octanol–water partition coefficient (Wildman–Crippen LogP) is 1.84. The second kappa shape index (κ2) is 6.96. The van der Waals surface area contributed by atoms with E-state index in [9.17, 15) is 4.79 Å². The van der Waals surface area contributed by atoms with E-state index >= 15 is 0 Å². The Morgan fingerprint density at radius 2 is 2.06 bits per heavy atom. The monoisotopic (exact) mass is 251 g/mol. The number of carboxylic acid groups (broad SMARTS) is 1. The van der Waals surface area contributed by atoms with Crippen molar-refractivity contribution in [3.63, 3.8) is 0 Å². The first-order chi connectivity index (χ1) is 8.56. The minimum absolute atomic E-state index is 0.271. The molecule has 0 spiro atoms. The summed E-state index contributed by atoms with van der Waals surface area (Å²) in [6.07, 6.45) is 0. The fourth-order valence-electron chi connectivity index (χ4n) is 1.76. The summed E-state index contributed by atoms with van der Waals surface area (Å²) >= 11 is 0. The maximum atomic E-state index is 10.9. The van der Waals surface area contributed by atoms with Crippen molar-refractivity contribution in [3.8, 4) is 0 Å². The summed E-state index contributed by atoms with van der Waals surface area (Å²) in [4.78, 5) is 17.5. The summed E-state index contributed by atoms with van der Waals surface area (Å²) in [5.74, 6) is -0.299. The molecule has 0 fully saturated rings. The van der Waals surface area contributed by atoms with Crippen molar-refractivity contribution in [2.75, 3.05) is 31.5 Å². The molecule has 18 heavy (non-hydrogen) atoms. The van der Waals surface area contributed by atoms with Gasteiger partial charge in [-0.05, 0) is 32.1 Å². The molecular formula is C13H21N3O2. The molecule has 1 heterocycles. The smallest absolute Gasteiger partial charge is 0.335 e. The van der Waals surface area contributed by atoms with E-state index < -0.39 is 5.97 Å². The third-order valence-corrected chi connectivity index (χ3v) is 2.83. The Balaban J connectivity index is 2.59. The van der Waals surface area contributed by atoms with Gasteiger partial charge in [0.05, 0.1) is 5.56 Å². The second-order valence-electron chi connectivity index (χ2n) is 4.14. The number of hydrogen-bond acceptors (Lipinski definition) is 4. The third-order valence-electron chi connectivity index (χ3n) is 2.83. The Morgan fingerprint density at radius 1 is 1.39 bits per heavy atom. The van der Waals surface area contributed by atoms with Crippen molar-refractivity contribution in [2.24, 2.45) is 0 Å². The van der Waals surface area contributed by atoms with Gasteiger partial charge in [0.15, 0.2) is 0 Å². The summed E-state index contributed by atoms with van der Waals surface area (Å²) in [5, 5.41) is 12.1. The number of anilines is 1. The first-order valence-corrected chi connectivity index (χ1v) is 6.25. The van der Waals surface area contributed by atoms with Crippen LogP contribution in [0, 0.1) is 6.92 Å². The Labute approximate surface area is 108 Å². The molecule has 1 aromatic rings. The number of pyridine rings is 1. The third kappa shape index (κ3) is 4.33. The zero-order valence-corrected chi connectivity index (χ0v) is 11.2. The minimum Gasteiger partial charge on any atom is -0.478 e. The van der Waals surface area contributed by atoms with E-state index in [0.29, 0.717) is 11.5 Å². The van der Waals surface area contributed by atoms with E-state index in [0.717, 1.165) is 26.2 Å². The molecule has 0 saturated heterocycles. The van der Waals surface area contributed by atoms with Gasteiger partial charge in [0, 0.05) is 18.8 Å². The van der Waals surface area contributed by atoms with Gasteiger partial charge < -0.3 is 15.3 Å². The van der Waals surface area contributed by atoms with Crippen molar-refractivity contribution < 1.29 is 9.90 Å². The van der Waals surface area contributed by atoms with E-state index in [2.05, 4.69) is 29.0 Å². The molecule has 5 nitrogen and oxygen atoms in total. The number of aryl methyl sites for hydroxylation is 1. The van der Waals surface area contributed by atoms with E-state index in [1.807, 2.05) is 0 Å². The van der Waals surface area contributed by atoms with Crippen LogP contribution < -0.4 is 5.32 Å². The van der Waals surface area contributed by atoms with Crippen LogP contribution in [0.1, 0.15) is 29.9 Å². The van der Waals surface area contributed by atoms with Gasteiger partial charge in [0.1, 0.15) is 5.82 Å². The lowest BCUT2D eigenvalue weighted by molar-refractivity contribution is 0.0696. The van der Waals surface area contributed by atoms with Gasteiger partial charge in [-0.2, -0.15) is 0 Å². The van der Waals surface area contributed by atoms with Gasteiger partial charge in [0.2, 0.25) is 0 Å². The highest BCUT2D eigenvalue weighted by atomic mass is 16.4. The van der Waals surface area contributed by atoms with Crippen molar-refractivity contribution in [1.82, 2.24) is 9.88 Å². The topological polar surface area (TPSA) is 65.5 Å². The number of aromatic nitrogens is 1. The van der Waals surface area contributed by atoms with Crippen LogP contribution in [0.2, 0.25) is 0 Å². The molecule has 0 aromatic carbocycles. The molecule has 0 aliphatic rings. The molecule has 1 aromatic heterocycles. The highest BCUT2D eigenvalue weighted by Crippen LogP contribution is 2.09. The van der Waals surface area contributed by atoms with Crippen LogP contribution in [-0.4, -0.2) is 47.1 Å². The van der Waals surface area contributed by atoms with E-state index in [4.69, 9.17) is 5.11 Å². The fraction of sp³-hybridized carbons (Fsp3) is 0.538. The van der Waals surface area contributed by atoms with E-state index in [1.165, 1.54) is 0 Å². The van der Waals surface area contributed by atoms with Crippen LogP contribution in [0.3, 0.4) is 0 Å². The number of carboxylic acids is 1. The molecule has 5 heteroatoms. The van der Waals surface area contributed by atoms with Crippen LogP contribution in [-0.2, 0) is 0 Å². The van der Waals surface area contributed by atoms with Gasteiger partial charge in [-0.15, -0.1) is 0 Å². The first-order valence-electron chi connectivity index (χ1n) is 6.25. The number of carbonyl (C=O) groups is 1. The standard InChI is InChI=1S/C13H21N3O2/c1-4-16(5-2)7-6-14-12-9-11(13(17)18)8-10(3)15-12/h8-9H,4-7H2,1-3H3,(H,14,15)(H,17,18). The number of likely N-dealkylation sites (N-methyl/N-ethyl adjacent to an activating group) is 1. The maximum Gasteiger partial charge on any atom is 0.335 e. The molecule has 1 rings (SSSR count). The van der Waals surface area contributed by atoms with E-state index in [1.54, 1.807) is 19.1 Å². The summed E-state index contributed by atoms with van der Waals surface area (Å²) in [7, 11) is 0. The molecule has 0 radical (unpaired) electrons. The van der Waals surface area contributed by atoms with Crippen LogP contribution in [0.25, 0.3) is 0 Å². The average molecular weight is 251 g/mol. The number of hydrogen-bond donors (Lipinski definition) is 2. The molecule has 0 amide bonds. The Hall–Kier alpha value is -1.62. The number of nitrogens with zero attached hydrogens (tertiary/aromatic N) is 2. The highest BCUT2D eigenvalue weighted by Gasteiger charge is 2.06. The lowest BCUT2D eigenvalue weighted by Crippen LogP contribution is -2.28. The Bertz CT molecular complexity index is 403. The summed E-state index contributed by atoms with van der Waals surface area (Å²) in [6, 6.07) is 3.13. The Morgan fingerprint density at radius 3 is 2.61 bits per heavy atom.